The molecule has 3 N–H and O–H groups in total. The van der Waals surface area contributed by atoms with Crippen molar-refractivity contribution < 1.29 is 4.79 Å². The van der Waals surface area contributed by atoms with Gasteiger partial charge in [-0.05, 0) is 36.1 Å². The highest BCUT2D eigenvalue weighted by molar-refractivity contribution is 5.82. The number of nitrogens with one attached hydrogen (secondary N) is 3. The van der Waals surface area contributed by atoms with E-state index in [0.717, 1.165) is 37.6 Å². The molecule has 0 atom stereocenters. The van der Waals surface area contributed by atoms with E-state index in [0.29, 0.717) is 19.6 Å². The second-order valence-corrected chi connectivity index (χ2v) is 6.88. The highest BCUT2D eigenvalue weighted by Gasteiger charge is 2.16. The molecule has 148 valence electrons. The van der Waals surface area contributed by atoms with Crippen LogP contribution in [0.15, 0.2) is 59.6 Å². The molecule has 3 rings (SSSR count). The molecule has 0 bridgehead atoms. The normalized spacial score (nSPS) is 14.5. The van der Waals surface area contributed by atoms with Gasteiger partial charge in [-0.25, -0.2) is 0 Å². The molecule has 1 heterocycles. The zero-order chi connectivity index (χ0) is 19.6. The average Bonchev–Trinajstić information content (AvgIpc) is 2.74. The fourth-order valence-electron chi connectivity index (χ4n) is 3.23. The maximum absolute atomic E-state index is 11.5. The number of amides is 1. The molecule has 1 aliphatic heterocycles. The molecule has 0 saturated carbocycles. The summed E-state index contributed by atoms with van der Waals surface area (Å²) in [6.45, 7) is 3.57. The van der Waals surface area contributed by atoms with Crippen LogP contribution in [0.4, 0.5) is 5.69 Å². The average molecular weight is 380 g/mol. The SMILES string of the molecule is CN=C(NCCCc1ccccc1)NCc1ccc(N2CCNC(=O)C2)cc1. The van der Waals surface area contributed by atoms with Crippen molar-refractivity contribution in [3.8, 4) is 0 Å². The molecule has 2 aromatic carbocycles. The van der Waals surface area contributed by atoms with E-state index in [2.05, 4.69) is 74.4 Å². The summed E-state index contributed by atoms with van der Waals surface area (Å²) >= 11 is 0. The van der Waals surface area contributed by atoms with Gasteiger partial charge in [-0.3, -0.25) is 9.79 Å². The zero-order valence-corrected chi connectivity index (χ0v) is 16.4. The smallest absolute Gasteiger partial charge is 0.239 e. The van der Waals surface area contributed by atoms with Gasteiger partial charge in [0.2, 0.25) is 5.91 Å². The second kappa shape index (κ2) is 10.3. The van der Waals surface area contributed by atoms with Gasteiger partial charge in [0.25, 0.3) is 0 Å². The summed E-state index contributed by atoms with van der Waals surface area (Å²) in [5.41, 5.74) is 3.62. The number of hydrogen-bond donors (Lipinski definition) is 3. The van der Waals surface area contributed by atoms with Crippen LogP contribution in [0.3, 0.4) is 0 Å². The summed E-state index contributed by atoms with van der Waals surface area (Å²) in [5, 5.41) is 9.57. The predicted molar refractivity (Wildman–Crippen MR) is 115 cm³/mol. The van der Waals surface area contributed by atoms with E-state index in [-0.39, 0.29) is 5.91 Å². The lowest BCUT2D eigenvalue weighted by molar-refractivity contribution is -0.120. The molecule has 1 saturated heterocycles. The number of anilines is 1. The van der Waals surface area contributed by atoms with Crippen LogP contribution in [0.1, 0.15) is 17.5 Å². The van der Waals surface area contributed by atoms with Crippen LogP contribution in [0.25, 0.3) is 0 Å². The molecule has 0 unspecified atom stereocenters. The van der Waals surface area contributed by atoms with Crippen molar-refractivity contribution in [1.29, 1.82) is 0 Å². The minimum absolute atomic E-state index is 0.0825. The van der Waals surface area contributed by atoms with Crippen molar-refractivity contribution in [2.24, 2.45) is 4.99 Å². The van der Waals surface area contributed by atoms with Gasteiger partial charge in [0.1, 0.15) is 0 Å². The molecule has 1 aliphatic rings. The predicted octanol–water partition coefficient (Wildman–Crippen LogP) is 1.92. The van der Waals surface area contributed by atoms with E-state index in [1.165, 1.54) is 11.1 Å². The Balaban J connectivity index is 1.40. The third kappa shape index (κ3) is 6.01. The molecular formula is C22H29N5O. The first-order valence-corrected chi connectivity index (χ1v) is 9.83. The summed E-state index contributed by atoms with van der Waals surface area (Å²) in [6, 6.07) is 18.9. The second-order valence-electron chi connectivity index (χ2n) is 6.88. The highest BCUT2D eigenvalue weighted by Crippen LogP contribution is 2.16. The summed E-state index contributed by atoms with van der Waals surface area (Å²) in [7, 11) is 1.79. The van der Waals surface area contributed by atoms with Crippen LogP contribution in [-0.4, -0.2) is 45.1 Å². The largest absolute Gasteiger partial charge is 0.360 e. The van der Waals surface area contributed by atoms with E-state index in [1.54, 1.807) is 7.05 Å². The molecule has 0 spiro atoms. The number of aryl methyl sites for hydroxylation is 1. The number of carbonyl (C=O) groups is 1. The Morgan fingerprint density at radius 1 is 1.07 bits per heavy atom. The van der Waals surface area contributed by atoms with Crippen LogP contribution in [0.2, 0.25) is 0 Å². The summed E-state index contributed by atoms with van der Waals surface area (Å²) < 4.78 is 0. The van der Waals surface area contributed by atoms with Crippen LogP contribution in [0, 0.1) is 0 Å². The fourth-order valence-corrected chi connectivity index (χ4v) is 3.23. The van der Waals surface area contributed by atoms with Crippen molar-refractivity contribution in [2.45, 2.75) is 19.4 Å². The Kier molecular flexibility index (Phi) is 7.29. The minimum atomic E-state index is 0.0825. The van der Waals surface area contributed by atoms with Gasteiger partial charge < -0.3 is 20.9 Å². The van der Waals surface area contributed by atoms with Gasteiger partial charge in [0.15, 0.2) is 5.96 Å². The van der Waals surface area contributed by atoms with E-state index in [9.17, 15) is 4.79 Å². The number of aliphatic imine (C=N–C) groups is 1. The van der Waals surface area contributed by atoms with Gasteiger partial charge in [0.05, 0.1) is 6.54 Å². The zero-order valence-electron chi connectivity index (χ0n) is 16.4. The van der Waals surface area contributed by atoms with Crippen molar-refractivity contribution in [3.05, 3.63) is 65.7 Å². The Morgan fingerprint density at radius 3 is 2.57 bits per heavy atom. The number of nitrogens with zero attached hydrogens (tertiary/aromatic N) is 2. The van der Waals surface area contributed by atoms with Gasteiger partial charge in [-0.2, -0.15) is 0 Å². The third-order valence-electron chi connectivity index (χ3n) is 4.80. The molecule has 2 aromatic rings. The molecule has 6 nitrogen and oxygen atoms in total. The van der Waals surface area contributed by atoms with Gasteiger partial charge in [0, 0.05) is 38.9 Å². The van der Waals surface area contributed by atoms with E-state index in [4.69, 9.17) is 0 Å². The van der Waals surface area contributed by atoms with Crippen molar-refractivity contribution in [2.75, 3.05) is 38.1 Å². The van der Waals surface area contributed by atoms with Crippen LogP contribution in [0.5, 0.6) is 0 Å². The van der Waals surface area contributed by atoms with Gasteiger partial charge >= 0.3 is 0 Å². The highest BCUT2D eigenvalue weighted by atomic mass is 16.2. The van der Waals surface area contributed by atoms with E-state index >= 15 is 0 Å². The maximum atomic E-state index is 11.5. The Morgan fingerprint density at radius 2 is 1.86 bits per heavy atom. The summed E-state index contributed by atoms with van der Waals surface area (Å²) in [4.78, 5) is 17.9. The molecular weight excluding hydrogens is 350 g/mol. The number of piperazine rings is 1. The minimum Gasteiger partial charge on any atom is -0.360 e. The lowest BCUT2D eigenvalue weighted by Crippen LogP contribution is -2.47. The number of benzene rings is 2. The van der Waals surface area contributed by atoms with Crippen molar-refractivity contribution in [1.82, 2.24) is 16.0 Å². The molecule has 0 aromatic heterocycles. The van der Waals surface area contributed by atoms with Crippen LogP contribution in [-0.2, 0) is 17.8 Å². The molecule has 28 heavy (non-hydrogen) atoms. The first kappa shape index (κ1) is 19.7. The number of rotatable bonds is 7. The lowest BCUT2D eigenvalue weighted by atomic mass is 10.1. The standard InChI is InChI=1S/C22H29N5O/c1-23-22(25-13-5-8-18-6-3-2-4-7-18)26-16-19-9-11-20(12-10-19)27-15-14-24-21(28)17-27/h2-4,6-7,9-12H,5,8,13-17H2,1H3,(H,24,28)(H2,23,25,26). The van der Waals surface area contributed by atoms with Crippen LogP contribution < -0.4 is 20.9 Å². The molecule has 1 amide bonds. The first-order valence-electron chi connectivity index (χ1n) is 9.83. The van der Waals surface area contributed by atoms with E-state index < -0.39 is 0 Å². The van der Waals surface area contributed by atoms with Gasteiger partial charge in [-0.1, -0.05) is 42.5 Å². The number of hydrogen-bond acceptors (Lipinski definition) is 3. The molecule has 6 heteroatoms. The molecule has 1 fully saturated rings. The Bertz CT molecular complexity index is 773. The summed E-state index contributed by atoms with van der Waals surface area (Å²) in [6.07, 6.45) is 2.11. The quantitative estimate of drug-likeness (QED) is 0.391. The topological polar surface area (TPSA) is 68.8 Å². The van der Waals surface area contributed by atoms with Gasteiger partial charge in [-0.15, -0.1) is 0 Å². The van der Waals surface area contributed by atoms with Crippen molar-refractivity contribution >= 4 is 17.6 Å². The number of carbonyl (C=O) groups excluding carboxylic acids is 1. The molecule has 0 radical (unpaired) electrons. The lowest BCUT2D eigenvalue weighted by Gasteiger charge is -2.28. The maximum Gasteiger partial charge on any atom is 0.239 e. The molecule has 0 aliphatic carbocycles. The van der Waals surface area contributed by atoms with Crippen LogP contribution >= 0.6 is 0 Å². The Hall–Kier alpha value is -3.02. The monoisotopic (exact) mass is 379 g/mol. The number of guanidine groups is 1. The van der Waals surface area contributed by atoms with Crippen molar-refractivity contribution in [3.63, 3.8) is 0 Å². The fraction of sp³-hybridized carbons (Fsp3) is 0.364. The first-order chi connectivity index (χ1) is 13.7. The Labute approximate surface area is 167 Å². The third-order valence-corrected chi connectivity index (χ3v) is 4.80. The summed E-state index contributed by atoms with van der Waals surface area (Å²) in [5.74, 6) is 0.893. The van der Waals surface area contributed by atoms with E-state index in [1.807, 2.05) is 6.07 Å².